The van der Waals surface area contributed by atoms with Crippen LogP contribution in [-0.4, -0.2) is 29.9 Å². The van der Waals surface area contributed by atoms with Crippen molar-refractivity contribution in [1.82, 2.24) is 4.90 Å². The van der Waals surface area contributed by atoms with E-state index in [1.165, 1.54) is 6.42 Å². The molecule has 1 aliphatic carbocycles. The fourth-order valence-corrected chi connectivity index (χ4v) is 2.92. The van der Waals surface area contributed by atoms with Gasteiger partial charge in [0.05, 0.1) is 0 Å². The van der Waals surface area contributed by atoms with Gasteiger partial charge in [0.1, 0.15) is 0 Å². The Bertz CT molecular complexity index is 285. The number of carbonyl (C=O) groups is 1. The van der Waals surface area contributed by atoms with Gasteiger partial charge in [-0.1, -0.05) is 13.8 Å². The standard InChI is InChI=1S/C13H24N2O.ClH/c1-3-13(2)8-11(13)12(16)15-7-5-4-6-10(15)9-14;/h10-11H,3-9,14H2,1-2H3;1H. The first-order valence-electron chi connectivity index (χ1n) is 6.63. The fourth-order valence-electron chi connectivity index (χ4n) is 2.92. The van der Waals surface area contributed by atoms with Crippen LogP contribution in [0.2, 0.25) is 0 Å². The first-order chi connectivity index (χ1) is 7.62. The van der Waals surface area contributed by atoms with Crippen LogP contribution in [0.3, 0.4) is 0 Å². The Hall–Kier alpha value is -0.280. The Labute approximate surface area is 111 Å². The molecule has 1 amide bonds. The highest BCUT2D eigenvalue weighted by atomic mass is 35.5. The third-order valence-electron chi connectivity index (χ3n) is 4.64. The van der Waals surface area contributed by atoms with E-state index in [1.807, 2.05) is 0 Å². The van der Waals surface area contributed by atoms with Crippen molar-refractivity contribution in [3.63, 3.8) is 0 Å². The lowest BCUT2D eigenvalue weighted by Crippen LogP contribution is -2.48. The molecule has 2 N–H and O–H groups in total. The van der Waals surface area contributed by atoms with Gasteiger partial charge in [-0.15, -0.1) is 12.4 Å². The molecule has 0 aromatic heterocycles. The molecular weight excluding hydrogens is 236 g/mol. The predicted molar refractivity (Wildman–Crippen MR) is 72.2 cm³/mol. The van der Waals surface area contributed by atoms with Gasteiger partial charge >= 0.3 is 0 Å². The van der Waals surface area contributed by atoms with Crippen molar-refractivity contribution in [2.75, 3.05) is 13.1 Å². The third-order valence-corrected chi connectivity index (χ3v) is 4.64. The second-order valence-electron chi connectivity index (χ2n) is 5.68. The second kappa shape index (κ2) is 5.57. The van der Waals surface area contributed by atoms with Crippen LogP contribution in [0.4, 0.5) is 0 Å². The zero-order valence-corrected chi connectivity index (χ0v) is 11.8. The van der Waals surface area contributed by atoms with Gasteiger partial charge in [0.2, 0.25) is 5.91 Å². The van der Waals surface area contributed by atoms with Crippen LogP contribution in [0.15, 0.2) is 0 Å². The molecule has 4 heteroatoms. The number of hydrogen-bond donors (Lipinski definition) is 1. The minimum Gasteiger partial charge on any atom is -0.338 e. The molecule has 2 fully saturated rings. The van der Waals surface area contributed by atoms with E-state index >= 15 is 0 Å². The summed E-state index contributed by atoms with van der Waals surface area (Å²) in [7, 11) is 0. The molecule has 1 saturated carbocycles. The average Bonchev–Trinajstić information content (AvgIpc) is 3.01. The maximum atomic E-state index is 12.4. The molecule has 3 unspecified atom stereocenters. The molecule has 1 heterocycles. The molecule has 0 aromatic carbocycles. The van der Waals surface area contributed by atoms with Crippen molar-refractivity contribution in [2.24, 2.45) is 17.1 Å². The van der Waals surface area contributed by atoms with Crippen molar-refractivity contribution in [2.45, 2.75) is 52.0 Å². The molecule has 17 heavy (non-hydrogen) atoms. The number of piperidine rings is 1. The summed E-state index contributed by atoms with van der Waals surface area (Å²) >= 11 is 0. The number of nitrogens with zero attached hydrogens (tertiary/aromatic N) is 1. The molecule has 2 rings (SSSR count). The molecule has 3 nitrogen and oxygen atoms in total. The van der Waals surface area contributed by atoms with Crippen molar-refractivity contribution in [3.8, 4) is 0 Å². The quantitative estimate of drug-likeness (QED) is 0.846. The SMILES string of the molecule is CCC1(C)CC1C(=O)N1CCCCC1CN.Cl. The highest BCUT2D eigenvalue weighted by Gasteiger charge is 2.54. The van der Waals surface area contributed by atoms with Crippen LogP contribution in [-0.2, 0) is 4.79 Å². The van der Waals surface area contributed by atoms with Gasteiger partial charge < -0.3 is 10.6 Å². The van der Waals surface area contributed by atoms with Crippen LogP contribution in [0, 0.1) is 11.3 Å². The summed E-state index contributed by atoms with van der Waals surface area (Å²) in [6.45, 7) is 5.97. The molecule has 100 valence electrons. The Morgan fingerprint density at radius 2 is 2.18 bits per heavy atom. The minimum atomic E-state index is 0. The lowest BCUT2D eigenvalue weighted by molar-refractivity contribution is -0.136. The average molecular weight is 261 g/mol. The first kappa shape index (κ1) is 14.8. The van der Waals surface area contributed by atoms with Gasteiger partial charge in [0.15, 0.2) is 0 Å². The number of carbonyl (C=O) groups excluding carboxylic acids is 1. The predicted octanol–water partition coefficient (Wildman–Crippen LogP) is 2.18. The number of amides is 1. The maximum Gasteiger partial charge on any atom is 0.226 e. The molecule has 0 aromatic rings. The van der Waals surface area contributed by atoms with Crippen LogP contribution in [0.5, 0.6) is 0 Å². The van der Waals surface area contributed by atoms with Gasteiger partial charge in [0.25, 0.3) is 0 Å². The summed E-state index contributed by atoms with van der Waals surface area (Å²) in [5.41, 5.74) is 6.04. The zero-order valence-electron chi connectivity index (χ0n) is 10.9. The molecular formula is C13H25ClN2O. The zero-order chi connectivity index (χ0) is 11.8. The Morgan fingerprint density at radius 1 is 1.47 bits per heavy atom. The highest BCUT2D eigenvalue weighted by Crippen LogP contribution is 2.55. The third kappa shape index (κ3) is 2.76. The summed E-state index contributed by atoms with van der Waals surface area (Å²) in [6, 6.07) is 0.308. The smallest absolute Gasteiger partial charge is 0.226 e. The van der Waals surface area contributed by atoms with Crippen LogP contribution >= 0.6 is 12.4 Å². The summed E-state index contributed by atoms with van der Waals surface area (Å²) in [5.74, 6) is 0.657. The van der Waals surface area contributed by atoms with Crippen molar-refractivity contribution < 1.29 is 4.79 Å². The number of nitrogens with two attached hydrogens (primary N) is 1. The Kier molecular flexibility index (Phi) is 4.85. The summed E-state index contributed by atoms with van der Waals surface area (Å²) < 4.78 is 0. The molecule has 0 bridgehead atoms. The Balaban J connectivity index is 0.00000144. The van der Waals surface area contributed by atoms with E-state index in [-0.39, 0.29) is 23.7 Å². The van der Waals surface area contributed by atoms with E-state index in [0.717, 1.165) is 32.2 Å². The summed E-state index contributed by atoms with van der Waals surface area (Å²) in [6.07, 6.45) is 5.66. The van der Waals surface area contributed by atoms with Crippen LogP contribution in [0.25, 0.3) is 0 Å². The van der Waals surface area contributed by atoms with Gasteiger partial charge in [0, 0.05) is 25.0 Å². The van der Waals surface area contributed by atoms with E-state index in [9.17, 15) is 4.79 Å². The summed E-state index contributed by atoms with van der Waals surface area (Å²) in [4.78, 5) is 14.4. The Morgan fingerprint density at radius 3 is 2.71 bits per heavy atom. The van der Waals surface area contributed by atoms with Gasteiger partial charge in [-0.2, -0.15) is 0 Å². The molecule has 2 aliphatic rings. The van der Waals surface area contributed by atoms with E-state index in [0.29, 0.717) is 18.5 Å². The topological polar surface area (TPSA) is 46.3 Å². The van der Waals surface area contributed by atoms with Crippen molar-refractivity contribution in [1.29, 1.82) is 0 Å². The number of hydrogen-bond acceptors (Lipinski definition) is 2. The highest BCUT2D eigenvalue weighted by molar-refractivity contribution is 5.85. The fraction of sp³-hybridized carbons (Fsp3) is 0.923. The number of halogens is 1. The van der Waals surface area contributed by atoms with E-state index in [1.54, 1.807) is 0 Å². The second-order valence-corrected chi connectivity index (χ2v) is 5.68. The van der Waals surface area contributed by atoms with E-state index in [4.69, 9.17) is 5.73 Å². The lowest BCUT2D eigenvalue weighted by atomic mass is 9.99. The number of likely N-dealkylation sites (tertiary alicyclic amines) is 1. The van der Waals surface area contributed by atoms with Crippen molar-refractivity contribution in [3.05, 3.63) is 0 Å². The van der Waals surface area contributed by atoms with E-state index in [2.05, 4.69) is 18.7 Å². The van der Waals surface area contributed by atoms with Crippen LogP contribution in [0.1, 0.15) is 46.0 Å². The molecule has 0 spiro atoms. The maximum absolute atomic E-state index is 12.4. The molecule has 3 atom stereocenters. The molecule has 0 radical (unpaired) electrons. The monoisotopic (exact) mass is 260 g/mol. The van der Waals surface area contributed by atoms with Crippen molar-refractivity contribution >= 4 is 18.3 Å². The number of rotatable bonds is 3. The van der Waals surface area contributed by atoms with Gasteiger partial charge in [-0.25, -0.2) is 0 Å². The molecule has 1 aliphatic heterocycles. The largest absolute Gasteiger partial charge is 0.338 e. The summed E-state index contributed by atoms with van der Waals surface area (Å²) in [5, 5.41) is 0. The lowest BCUT2D eigenvalue weighted by Gasteiger charge is -2.35. The van der Waals surface area contributed by atoms with E-state index < -0.39 is 0 Å². The normalized spacial score (nSPS) is 36.3. The first-order valence-corrected chi connectivity index (χ1v) is 6.63. The van der Waals surface area contributed by atoms with Gasteiger partial charge in [-0.3, -0.25) is 4.79 Å². The minimum absolute atomic E-state index is 0. The van der Waals surface area contributed by atoms with Gasteiger partial charge in [-0.05, 0) is 37.5 Å². The van der Waals surface area contributed by atoms with Crippen LogP contribution < -0.4 is 5.73 Å². The molecule has 1 saturated heterocycles.